The highest BCUT2D eigenvalue weighted by Gasteiger charge is 2.28. The van der Waals surface area contributed by atoms with Crippen molar-refractivity contribution in [1.29, 1.82) is 0 Å². The molecule has 1 atom stereocenters. The van der Waals surface area contributed by atoms with E-state index in [0.29, 0.717) is 18.9 Å². The summed E-state index contributed by atoms with van der Waals surface area (Å²) in [7, 11) is 0. The van der Waals surface area contributed by atoms with Gasteiger partial charge < -0.3 is 11.1 Å². The minimum absolute atomic E-state index is 0. The van der Waals surface area contributed by atoms with Crippen LogP contribution in [-0.2, 0) is 11.2 Å². The maximum Gasteiger partial charge on any atom is 0.220 e. The van der Waals surface area contributed by atoms with Crippen LogP contribution in [0.1, 0.15) is 24.8 Å². The van der Waals surface area contributed by atoms with E-state index in [2.05, 4.69) is 21.2 Å². The van der Waals surface area contributed by atoms with Gasteiger partial charge in [0.25, 0.3) is 0 Å². The number of aryl methyl sites for hydroxylation is 1. The zero-order chi connectivity index (χ0) is 13.0. The first-order chi connectivity index (χ1) is 8.66. The Hall–Kier alpha value is -0.580. The highest BCUT2D eigenvalue weighted by Crippen LogP contribution is 2.31. The van der Waals surface area contributed by atoms with Crippen LogP contribution in [0, 0.1) is 5.92 Å². The molecule has 0 aromatic heterocycles. The molecule has 3 nitrogen and oxygen atoms in total. The Kier molecular flexibility index (Phi) is 6.83. The summed E-state index contributed by atoms with van der Waals surface area (Å²) < 4.78 is 1.06. The fourth-order valence-corrected chi connectivity index (χ4v) is 2.44. The lowest BCUT2D eigenvalue weighted by molar-refractivity contribution is -0.121. The number of halogens is 2. The molecule has 0 spiro atoms. The van der Waals surface area contributed by atoms with E-state index in [0.717, 1.165) is 10.9 Å². The second-order valence-corrected chi connectivity index (χ2v) is 5.75. The number of nitrogens with two attached hydrogens (primary N) is 1. The van der Waals surface area contributed by atoms with Crippen LogP contribution in [0.15, 0.2) is 28.7 Å². The van der Waals surface area contributed by atoms with Gasteiger partial charge in [-0.15, -0.1) is 12.4 Å². The Balaban J connectivity index is 0.00000180. The number of hydrogen-bond acceptors (Lipinski definition) is 2. The maximum atomic E-state index is 11.7. The number of hydrogen-bond donors (Lipinski definition) is 2. The molecule has 1 saturated carbocycles. The highest BCUT2D eigenvalue weighted by molar-refractivity contribution is 9.10. The van der Waals surface area contributed by atoms with Crippen molar-refractivity contribution < 1.29 is 4.79 Å². The summed E-state index contributed by atoms with van der Waals surface area (Å²) in [5.74, 6) is 0.718. The fraction of sp³-hybridized carbons (Fsp3) is 0.500. The number of benzene rings is 1. The lowest BCUT2D eigenvalue weighted by atomic mass is 10.1. The van der Waals surface area contributed by atoms with Gasteiger partial charge in [-0.1, -0.05) is 34.1 Å². The van der Waals surface area contributed by atoms with Crippen molar-refractivity contribution in [3.8, 4) is 0 Å². The Morgan fingerprint density at radius 2 is 2.11 bits per heavy atom. The molecular weight excluding hydrogens is 328 g/mol. The summed E-state index contributed by atoms with van der Waals surface area (Å²) in [6.45, 7) is 0.611. The fourth-order valence-electron chi connectivity index (χ4n) is 1.96. The highest BCUT2D eigenvalue weighted by atomic mass is 79.9. The number of nitrogens with one attached hydrogen (secondary N) is 1. The van der Waals surface area contributed by atoms with Crippen molar-refractivity contribution in [3.05, 3.63) is 34.3 Å². The average Bonchev–Trinajstić information content (AvgIpc) is 3.19. The van der Waals surface area contributed by atoms with Gasteiger partial charge in [0.05, 0.1) is 0 Å². The zero-order valence-electron chi connectivity index (χ0n) is 10.8. The molecule has 106 valence electrons. The van der Waals surface area contributed by atoms with Crippen molar-refractivity contribution in [2.45, 2.75) is 31.7 Å². The third kappa shape index (κ3) is 5.51. The van der Waals surface area contributed by atoms with Crippen molar-refractivity contribution >= 4 is 34.2 Å². The first kappa shape index (κ1) is 16.5. The molecule has 0 radical (unpaired) electrons. The van der Waals surface area contributed by atoms with Gasteiger partial charge in [0.15, 0.2) is 0 Å². The van der Waals surface area contributed by atoms with Crippen molar-refractivity contribution in [1.82, 2.24) is 5.32 Å². The van der Waals surface area contributed by atoms with Gasteiger partial charge in [0, 0.05) is 23.5 Å². The zero-order valence-corrected chi connectivity index (χ0v) is 13.2. The summed E-state index contributed by atoms with van der Waals surface area (Å²) >= 11 is 3.48. The number of amides is 1. The van der Waals surface area contributed by atoms with Crippen LogP contribution in [0.2, 0.25) is 0 Å². The predicted molar refractivity (Wildman–Crippen MR) is 83.4 cm³/mol. The summed E-state index contributed by atoms with van der Waals surface area (Å²) in [4.78, 5) is 11.7. The molecule has 1 unspecified atom stereocenters. The monoisotopic (exact) mass is 346 g/mol. The van der Waals surface area contributed by atoms with Crippen molar-refractivity contribution in [2.75, 3.05) is 6.54 Å². The molecule has 0 heterocycles. The van der Waals surface area contributed by atoms with Crippen LogP contribution in [0.5, 0.6) is 0 Å². The number of rotatable bonds is 6. The third-order valence-corrected chi connectivity index (χ3v) is 4.12. The average molecular weight is 348 g/mol. The van der Waals surface area contributed by atoms with E-state index in [4.69, 9.17) is 5.73 Å². The summed E-state index contributed by atoms with van der Waals surface area (Å²) in [6.07, 6.45) is 3.70. The topological polar surface area (TPSA) is 55.1 Å². The van der Waals surface area contributed by atoms with E-state index in [1.54, 1.807) is 0 Å². The Bertz CT molecular complexity index is 424. The van der Waals surface area contributed by atoms with E-state index < -0.39 is 0 Å². The normalized spacial score (nSPS) is 15.5. The molecule has 0 aliphatic heterocycles. The molecule has 1 aromatic carbocycles. The summed E-state index contributed by atoms with van der Waals surface area (Å²) in [6, 6.07) is 8.13. The Labute approximate surface area is 128 Å². The lowest BCUT2D eigenvalue weighted by Gasteiger charge is -2.11. The quantitative estimate of drug-likeness (QED) is 0.831. The third-order valence-electron chi connectivity index (χ3n) is 3.34. The van der Waals surface area contributed by atoms with Crippen molar-refractivity contribution in [3.63, 3.8) is 0 Å². The molecule has 19 heavy (non-hydrogen) atoms. The molecule has 2 rings (SSSR count). The summed E-state index contributed by atoms with van der Waals surface area (Å²) in [5, 5.41) is 2.91. The SMILES string of the molecule is Cl.NC(CNC(=O)CCc1ccccc1Br)C1CC1. The Morgan fingerprint density at radius 3 is 2.74 bits per heavy atom. The van der Waals surface area contributed by atoms with Gasteiger partial charge in [0.2, 0.25) is 5.91 Å². The van der Waals surface area contributed by atoms with Crippen LogP contribution in [-0.4, -0.2) is 18.5 Å². The standard InChI is InChI=1S/C14H19BrN2O.ClH/c15-12-4-2-1-3-10(12)7-8-14(18)17-9-13(16)11-5-6-11;/h1-4,11,13H,5-9,16H2,(H,17,18);1H. The molecule has 1 amide bonds. The molecule has 1 aliphatic rings. The van der Waals surface area contributed by atoms with Crippen molar-refractivity contribution in [2.24, 2.45) is 11.7 Å². The van der Waals surface area contributed by atoms with Gasteiger partial charge >= 0.3 is 0 Å². The van der Waals surface area contributed by atoms with E-state index in [1.165, 1.54) is 18.4 Å². The lowest BCUT2D eigenvalue weighted by Crippen LogP contribution is -2.38. The van der Waals surface area contributed by atoms with Crippen LogP contribution in [0.25, 0.3) is 0 Å². The Morgan fingerprint density at radius 1 is 1.42 bits per heavy atom. The smallest absolute Gasteiger partial charge is 0.220 e. The van der Waals surface area contributed by atoms with Gasteiger partial charge in [-0.3, -0.25) is 4.79 Å². The molecular formula is C14H20BrClN2O. The second-order valence-electron chi connectivity index (χ2n) is 4.90. The van der Waals surface area contributed by atoms with Crippen LogP contribution in [0.4, 0.5) is 0 Å². The molecule has 3 N–H and O–H groups in total. The van der Waals surface area contributed by atoms with Crippen LogP contribution >= 0.6 is 28.3 Å². The molecule has 1 fully saturated rings. The second kappa shape index (κ2) is 7.88. The van der Waals surface area contributed by atoms with Gasteiger partial charge in [-0.2, -0.15) is 0 Å². The van der Waals surface area contributed by atoms with Gasteiger partial charge in [-0.25, -0.2) is 0 Å². The predicted octanol–water partition coefficient (Wildman–Crippen LogP) is 2.66. The minimum atomic E-state index is 0. The molecule has 0 saturated heterocycles. The number of carbonyl (C=O) groups is 1. The van der Waals surface area contributed by atoms with E-state index >= 15 is 0 Å². The van der Waals surface area contributed by atoms with Crippen LogP contribution < -0.4 is 11.1 Å². The van der Waals surface area contributed by atoms with Gasteiger partial charge in [-0.05, 0) is 36.8 Å². The molecule has 5 heteroatoms. The first-order valence-electron chi connectivity index (χ1n) is 6.42. The maximum absolute atomic E-state index is 11.7. The van der Waals surface area contributed by atoms with Crippen LogP contribution in [0.3, 0.4) is 0 Å². The largest absolute Gasteiger partial charge is 0.355 e. The minimum Gasteiger partial charge on any atom is -0.355 e. The first-order valence-corrected chi connectivity index (χ1v) is 7.22. The molecule has 0 bridgehead atoms. The molecule has 1 aromatic rings. The summed E-state index contributed by atoms with van der Waals surface area (Å²) in [5.41, 5.74) is 7.10. The van der Waals surface area contributed by atoms with Gasteiger partial charge in [0.1, 0.15) is 0 Å². The van der Waals surface area contributed by atoms with E-state index in [1.807, 2.05) is 24.3 Å². The van der Waals surface area contributed by atoms with E-state index in [9.17, 15) is 4.79 Å². The number of carbonyl (C=O) groups excluding carboxylic acids is 1. The molecule has 1 aliphatic carbocycles. The van der Waals surface area contributed by atoms with E-state index in [-0.39, 0.29) is 24.4 Å².